The van der Waals surface area contributed by atoms with Crippen molar-refractivity contribution in [3.05, 3.63) is 54.1 Å². The fourth-order valence-electron chi connectivity index (χ4n) is 3.33. The molecule has 7 heteroatoms. The Morgan fingerprint density at radius 1 is 0.844 bits per heavy atom. The Labute approximate surface area is 193 Å². The molecule has 2 rings (SSSR count). The number of sulfonamides is 1. The molecule has 0 unspecified atom stereocenters. The van der Waals surface area contributed by atoms with Crippen LogP contribution in [0.1, 0.15) is 69.7 Å². The third kappa shape index (κ3) is 7.64. The predicted octanol–water partition coefficient (Wildman–Crippen LogP) is 5.71. The summed E-state index contributed by atoms with van der Waals surface area (Å²) in [6.45, 7) is 7.76. The van der Waals surface area contributed by atoms with Crippen molar-refractivity contribution in [1.29, 1.82) is 0 Å². The van der Waals surface area contributed by atoms with Crippen LogP contribution >= 0.6 is 0 Å². The van der Waals surface area contributed by atoms with Gasteiger partial charge in [-0.1, -0.05) is 40.0 Å². The molecule has 6 nitrogen and oxygen atoms in total. The number of carbonyl (C=O) groups is 1. The summed E-state index contributed by atoms with van der Waals surface area (Å²) in [4.78, 5) is 12.8. The van der Waals surface area contributed by atoms with E-state index < -0.39 is 10.0 Å². The van der Waals surface area contributed by atoms with Gasteiger partial charge in [-0.3, -0.25) is 4.79 Å². The summed E-state index contributed by atoms with van der Waals surface area (Å²) in [5, 5.41) is 2.81. The topological polar surface area (TPSA) is 75.7 Å². The van der Waals surface area contributed by atoms with Gasteiger partial charge in [0.15, 0.2) is 0 Å². The maximum Gasteiger partial charge on any atom is 0.255 e. The Kier molecular flexibility index (Phi) is 10.7. The van der Waals surface area contributed by atoms with Crippen molar-refractivity contribution in [2.45, 2.75) is 64.2 Å². The molecule has 0 spiro atoms. The van der Waals surface area contributed by atoms with Crippen LogP contribution in [0.4, 0.5) is 5.69 Å². The molecule has 0 heterocycles. The average molecular weight is 461 g/mol. The normalized spacial score (nSPS) is 11.5. The van der Waals surface area contributed by atoms with Crippen molar-refractivity contribution in [1.82, 2.24) is 4.31 Å². The standard InChI is InChI=1S/C25H36N2O4S/c1-4-7-8-9-20-31-23-14-10-21(11-15-23)25(28)26-22-12-16-24(17-13-22)32(29,30)27(18-5-2)19-6-3/h10-17H,4-9,18-20H2,1-3H3,(H,26,28). The van der Waals surface area contributed by atoms with Crippen LogP contribution in [0.5, 0.6) is 5.75 Å². The maximum atomic E-state index is 12.9. The fraction of sp³-hybridized carbons (Fsp3) is 0.480. The molecule has 0 aliphatic carbocycles. The highest BCUT2D eigenvalue weighted by Gasteiger charge is 2.22. The molecule has 1 amide bonds. The van der Waals surface area contributed by atoms with Crippen molar-refractivity contribution < 1.29 is 17.9 Å². The highest BCUT2D eigenvalue weighted by molar-refractivity contribution is 7.89. The zero-order valence-corrected chi connectivity index (χ0v) is 20.3. The van der Waals surface area contributed by atoms with Crippen LogP contribution in [-0.2, 0) is 10.0 Å². The SMILES string of the molecule is CCCCCCOc1ccc(C(=O)Nc2ccc(S(=O)(=O)N(CCC)CCC)cc2)cc1. The van der Waals surface area contributed by atoms with Gasteiger partial charge in [0.05, 0.1) is 11.5 Å². The molecule has 0 fully saturated rings. The highest BCUT2D eigenvalue weighted by Crippen LogP contribution is 2.20. The number of hydrogen-bond acceptors (Lipinski definition) is 4. The summed E-state index contributed by atoms with van der Waals surface area (Å²) < 4.78 is 32.9. The van der Waals surface area contributed by atoms with E-state index in [9.17, 15) is 13.2 Å². The largest absolute Gasteiger partial charge is 0.494 e. The number of amides is 1. The predicted molar refractivity (Wildman–Crippen MR) is 130 cm³/mol. The molecule has 0 saturated heterocycles. The molecule has 0 aromatic heterocycles. The van der Waals surface area contributed by atoms with E-state index in [1.165, 1.54) is 17.1 Å². The second-order valence-electron chi connectivity index (χ2n) is 7.82. The van der Waals surface area contributed by atoms with Crippen LogP contribution in [0, 0.1) is 0 Å². The number of anilines is 1. The number of nitrogens with one attached hydrogen (secondary N) is 1. The van der Waals surface area contributed by atoms with Crippen molar-refractivity contribution in [2.24, 2.45) is 0 Å². The first-order chi connectivity index (χ1) is 15.4. The molecule has 32 heavy (non-hydrogen) atoms. The Bertz CT molecular complexity index is 919. The highest BCUT2D eigenvalue weighted by atomic mass is 32.2. The Hall–Kier alpha value is -2.38. The maximum absolute atomic E-state index is 12.9. The number of hydrogen-bond donors (Lipinski definition) is 1. The van der Waals surface area contributed by atoms with Gasteiger partial charge in [0.2, 0.25) is 10.0 Å². The second-order valence-corrected chi connectivity index (χ2v) is 9.75. The summed E-state index contributed by atoms with van der Waals surface area (Å²) in [5.74, 6) is 0.491. The number of carbonyl (C=O) groups excluding carboxylic acids is 1. The van der Waals surface area contributed by atoms with Crippen LogP contribution in [0.3, 0.4) is 0 Å². The van der Waals surface area contributed by atoms with Gasteiger partial charge in [0.25, 0.3) is 5.91 Å². The van der Waals surface area contributed by atoms with Crippen LogP contribution in [0.15, 0.2) is 53.4 Å². The molecule has 0 saturated carbocycles. The first kappa shape index (κ1) is 25.9. The molecule has 0 bridgehead atoms. The molecule has 0 radical (unpaired) electrons. The minimum absolute atomic E-state index is 0.234. The molecule has 0 aliphatic heterocycles. The molecule has 2 aromatic rings. The third-order valence-corrected chi connectivity index (χ3v) is 6.99. The number of unbranched alkanes of at least 4 members (excludes halogenated alkanes) is 3. The zero-order valence-electron chi connectivity index (χ0n) is 19.5. The van der Waals surface area contributed by atoms with Gasteiger partial charge in [-0.25, -0.2) is 8.42 Å². The molecular weight excluding hydrogens is 424 g/mol. The summed E-state index contributed by atoms with van der Waals surface area (Å²) >= 11 is 0. The first-order valence-electron chi connectivity index (χ1n) is 11.6. The van der Waals surface area contributed by atoms with E-state index >= 15 is 0 Å². The van der Waals surface area contributed by atoms with E-state index in [4.69, 9.17) is 4.74 Å². The van der Waals surface area contributed by atoms with Crippen molar-refractivity contribution >= 4 is 21.6 Å². The number of benzene rings is 2. The lowest BCUT2D eigenvalue weighted by Gasteiger charge is -2.21. The number of rotatable bonds is 14. The van der Waals surface area contributed by atoms with Crippen LogP contribution in [0.25, 0.3) is 0 Å². The summed E-state index contributed by atoms with van der Waals surface area (Å²) in [7, 11) is -3.53. The van der Waals surface area contributed by atoms with Gasteiger partial charge < -0.3 is 10.1 Å². The summed E-state index contributed by atoms with van der Waals surface area (Å²) in [6.07, 6.45) is 6.11. The fourth-order valence-corrected chi connectivity index (χ4v) is 4.96. The average Bonchev–Trinajstić information content (AvgIpc) is 2.79. The quantitative estimate of drug-likeness (QED) is 0.367. The van der Waals surface area contributed by atoms with Gasteiger partial charge in [-0.15, -0.1) is 0 Å². The van der Waals surface area contributed by atoms with Crippen molar-refractivity contribution in [3.8, 4) is 5.75 Å². The monoisotopic (exact) mass is 460 g/mol. The molecule has 0 aliphatic rings. The molecule has 2 aromatic carbocycles. The van der Waals surface area contributed by atoms with E-state index in [1.807, 2.05) is 13.8 Å². The summed E-state index contributed by atoms with van der Waals surface area (Å²) in [6, 6.07) is 13.4. The first-order valence-corrected chi connectivity index (χ1v) is 13.0. The molecule has 0 atom stereocenters. The van der Waals surface area contributed by atoms with E-state index in [-0.39, 0.29) is 10.8 Å². The Morgan fingerprint density at radius 3 is 2.03 bits per heavy atom. The smallest absolute Gasteiger partial charge is 0.255 e. The molecule has 176 valence electrons. The Morgan fingerprint density at radius 2 is 1.47 bits per heavy atom. The van der Waals surface area contributed by atoms with Gasteiger partial charge in [0.1, 0.15) is 5.75 Å². The number of nitrogens with zero attached hydrogens (tertiary/aromatic N) is 1. The van der Waals surface area contributed by atoms with Crippen molar-refractivity contribution in [3.63, 3.8) is 0 Å². The number of ether oxygens (including phenoxy) is 1. The zero-order chi connectivity index (χ0) is 23.4. The van der Waals surface area contributed by atoms with Gasteiger partial charge in [-0.2, -0.15) is 4.31 Å². The summed E-state index contributed by atoms with van der Waals surface area (Å²) in [5.41, 5.74) is 1.06. The lowest BCUT2D eigenvalue weighted by Crippen LogP contribution is -2.32. The van der Waals surface area contributed by atoms with Gasteiger partial charge >= 0.3 is 0 Å². The van der Waals surface area contributed by atoms with Crippen LogP contribution < -0.4 is 10.1 Å². The van der Waals surface area contributed by atoms with Crippen molar-refractivity contribution in [2.75, 3.05) is 25.0 Å². The third-order valence-electron chi connectivity index (χ3n) is 5.08. The van der Waals surface area contributed by atoms with Gasteiger partial charge in [0, 0.05) is 24.3 Å². The lowest BCUT2D eigenvalue weighted by atomic mass is 10.2. The van der Waals surface area contributed by atoms with E-state index in [0.717, 1.165) is 31.4 Å². The molecule has 1 N–H and O–H groups in total. The van der Waals surface area contributed by atoms with E-state index in [1.54, 1.807) is 48.5 Å². The second kappa shape index (κ2) is 13.2. The molecular formula is C25H36N2O4S. The minimum atomic E-state index is -3.53. The van der Waals surface area contributed by atoms with Gasteiger partial charge in [-0.05, 0) is 67.8 Å². The lowest BCUT2D eigenvalue weighted by molar-refractivity contribution is 0.102. The van der Waals surface area contributed by atoms with Crippen LogP contribution in [-0.4, -0.2) is 38.3 Å². The minimum Gasteiger partial charge on any atom is -0.494 e. The van der Waals surface area contributed by atoms with Crippen LogP contribution in [0.2, 0.25) is 0 Å². The van der Waals surface area contributed by atoms with E-state index in [0.29, 0.717) is 30.9 Å². The Balaban J connectivity index is 1.96. The van der Waals surface area contributed by atoms with E-state index in [2.05, 4.69) is 12.2 Å².